The Morgan fingerprint density at radius 2 is 1.74 bits per heavy atom. The smallest absolute Gasteiger partial charge is 0.128 e. The van der Waals surface area contributed by atoms with Crippen molar-refractivity contribution in [3.05, 3.63) is 58.2 Å². The lowest BCUT2D eigenvalue weighted by molar-refractivity contribution is 0.859. The molecule has 0 saturated heterocycles. The van der Waals surface area contributed by atoms with Gasteiger partial charge in [0.1, 0.15) is 5.82 Å². The van der Waals surface area contributed by atoms with Crippen LogP contribution in [0.4, 0.5) is 5.82 Å². The topological polar surface area (TPSA) is 16.1 Å². The summed E-state index contributed by atoms with van der Waals surface area (Å²) < 4.78 is 1.01. The Morgan fingerprint density at radius 1 is 1.05 bits per heavy atom. The minimum absolute atomic E-state index is 0.972. The highest BCUT2D eigenvalue weighted by Gasteiger charge is 2.02. The average molecular weight is 319 g/mol. The quantitative estimate of drug-likeness (QED) is 0.825. The molecular weight excluding hydrogens is 300 g/mol. The molecule has 0 bridgehead atoms. The van der Waals surface area contributed by atoms with Gasteiger partial charge in [-0.2, -0.15) is 0 Å². The lowest BCUT2D eigenvalue weighted by Crippen LogP contribution is -2.21. The first kappa shape index (κ1) is 14.1. The van der Waals surface area contributed by atoms with Crippen LogP contribution in [0.25, 0.3) is 0 Å². The van der Waals surface area contributed by atoms with Crippen LogP contribution in [-0.4, -0.2) is 18.6 Å². The Balaban J connectivity index is 1.92. The van der Waals surface area contributed by atoms with Crippen molar-refractivity contribution in [2.45, 2.75) is 19.8 Å². The first-order valence-corrected chi connectivity index (χ1v) is 7.39. The average Bonchev–Trinajstić information content (AvgIpc) is 2.46. The monoisotopic (exact) mass is 318 g/mol. The summed E-state index contributed by atoms with van der Waals surface area (Å²) in [5.74, 6) is 1.01. The molecule has 0 N–H and O–H groups in total. The second-order valence-corrected chi connectivity index (χ2v) is 5.59. The Morgan fingerprint density at radius 3 is 2.32 bits per heavy atom. The number of aryl methyl sites for hydroxylation is 1. The first-order chi connectivity index (χ1) is 9.19. The molecule has 0 unspecified atom stereocenters. The molecule has 2 nitrogen and oxygen atoms in total. The molecule has 1 heterocycles. The van der Waals surface area contributed by atoms with Gasteiger partial charge in [-0.1, -0.05) is 31.2 Å². The van der Waals surface area contributed by atoms with E-state index in [4.69, 9.17) is 0 Å². The number of halogens is 1. The zero-order valence-corrected chi connectivity index (χ0v) is 13.0. The maximum atomic E-state index is 4.40. The fourth-order valence-electron chi connectivity index (χ4n) is 1.95. The summed E-state index contributed by atoms with van der Waals surface area (Å²) in [6.07, 6.45) is 3.98. The van der Waals surface area contributed by atoms with Gasteiger partial charge in [-0.25, -0.2) is 4.98 Å². The predicted molar refractivity (Wildman–Crippen MR) is 84.7 cm³/mol. The molecule has 0 aliphatic rings. The third kappa shape index (κ3) is 4.06. The molecule has 100 valence electrons. The zero-order chi connectivity index (χ0) is 13.7. The minimum atomic E-state index is 0.972. The third-order valence-electron chi connectivity index (χ3n) is 3.27. The van der Waals surface area contributed by atoms with Crippen molar-refractivity contribution in [1.29, 1.82) is 0 Å². The van der Waals surface area contributed by atoms with Crippen LogP contribution in [0.3, 0.4) is 0 Å². The van der Waals surface area contributed by atoms with Crippen LogP contribution in [0.5, 0.6) is 0 Å². The van der Waals surface area contributed by atoms with Gasteiger partial charge < -0.3 is 4.90 Å². The van der Waals surface area contributed by atoms with E-state index in [2.05, 4.69) is 64.1 Å². The van der Waals surface area contributed by atoms with E-state index in [0.717, 1.165) is 29.7 Å². The lowest BCUT2D eigenvalue weighted by Gasteiger charge is -2.18. The van der Waals surface area contributed by atoms with Gasteiger partial charge >= 0.3 is 0 Å². The van der Waals surface area contributed by atoms with Crippen LogP contribution in [0.2, 0.25) is 0 Å². The molecule has 0 aliphatic carbocycles. The normalized spacial score (nSPS) is 10.5. The Kier molecular flexibility index (Phi) is 4.97. The standard InChI is InChI=1S/C16H19BrN2/c1-3-13-4-6-14(7-5-13)10-11-19(2)16-9-8-15(17)12-18-16/h4-9,12H,3,10-11H2,1-2H3. The summed E-state index contributed by atoms with van der Waals surface area (Å²) in [7, 11) is 2.08. The molecule has 0 saturated carbocycles. The number of hydrogen-bond acceptors (Lipinski definition) is 2. The summed E-state index contributed by atoms with van der Waals surface area (Å²) in [6.45, 7) is 3.15. The second kappa shape index (κ2) is 6.71. The van der Waals surface area contributed by atoms with Crippen LogP contribution in [-0.2, 0) is 12.8 Å². The summed E-state index contributed by atoms with van der Waals surface area (Å²) in [5.41, 5.74) is 2.77. The number of nitrogens with zero attached hydrogens (tertiary/aromatic N) is 2. The summed E-state index contributed by atoms with van der Waals surface area (Å²) >= 11 is 3.40. The highest BCUT2D eigenvalue weighted by atomic mass is 79.9. The molecule has 0 radical (unpaired) electrons. The van der Waals surface area contributed by atoms with Crippen LogP contribution in [0.1, 0.15) is 18.1 Å². The molecule has 2 aromatic rings. The Bertz CT molecular complexity index is 505. The highest BCUT2D eigenvalue weighted by Crippen LogP contribution is 2.14. The van der Waals surface area contributed by atoms with Gasteiger partial charge in [0.05, 0.1) is 0 Å². The van der Waals surface area contributed by atoms with Gasteiger partial charge in [-0.3, -0.25) is 0 Å². The maximum Gasteiger partial charge on any atom is 0.128 e. The van der Waals surface area contributed by atoms with Crippen LogP contribution >= 0.6 is 15.9 Å². The van der Waals surface area contributed by atoms with Crippen LogP contribution in [0, 0.1) is 0 Å². The molecule has 1 aromatic heterocycles. The van der Waals surface area contributed by atoms with Crippen LogP contribution < -0.4 is 4.90 Å². The summed E-state index contributed by atoms with van der Waals surface area (Å²) in [5, 5.41) is 0. The molecule has 1 aromatic carbocycles. The van der Waals surface area contributed by atoms with E-state index in [1.807, 2.05) is 18.3 Å². The Hall–Kier alpha value is -1.35. The zero-order valence-electron chi connectivity index (χ0n) is 11.4. The highest BCUT2D eigenvalue weighted by molar-refractivity contribution is 9.10. The lowest BCUT2D eigenvalue weighted by atomic mass is 10.1. The van der Waals surface area contributed by atoms with E-state index in [0.29, 0.717) is 0 Å². The molecule has 0 atom stereocenters. The largest absolute Gasteiger partial charge is 0.359 e. The van der Waals surface area contributed by atoms with E-state index in [-0.39, 0.29) is 0 Å². The minimum Gasteiger partial charge on any atom is -0.359 e. The SMILES string of the molecule is CCc1ccc(CCN(C)c2ccc(Br)cn2)cc1. The van der Waals surface area contributed by atoms with Crippen molar-refractivity contribution in [2.75, 3.05) is 18.5 Å². The van der Waals surface area contributed by atoms with Gasteiger partial charge in [0.2, 0.25) is 0 Å². The summed E-state index contributed by atoms with van der Waals surface area (Å²) in [6, 6.07) is 12.9. The Labute approximate surface area is 123 Å². The number of aromatic nitrogens is 1. The molecule has 0 fully saturated rings. The van der Waals surface area contributed by atoms with Gasteiger partial charge in [-0.05, 0) is 52.0 Å². The molecular formula is C16H19BrN2. The molecule has 3 heteroatoms. The van der Waals surface area contributed by atoms with E-state index in [1.54, 1.807) is 0 Å². The molecule has 19 heavy (non-hydrogen) atoms. The fourth-order valence-corrected chi connectivity index (χ4v) is 2.18. The van der Waals surface area contributed by atoms with Crippen molar-refractivity contribution in [3.63, 3.8) is 0 Å². The van der Waals surface area contributed by atoms with Gasteiger partial charge in [0.25, 0.3) is 0 Å². The summed E-state index contributed by atoms with van der Waals surface area (Å²) in [4.78, 5) is 6.58. The van der Waals surface area contributed by atoms with E-state index in [1.165, 1.54) is 11.1 Å². The molecule has 0 spiro atoms. The predicted octanol–water partition coefficient (Wildman–Crippen LogP) is 4.09. The number of hydrogen-bond donors (Lipinski definition) is 0. The van der Waals surface area contributed by atoms with Crippen molar-refractivity contribution < 1.29 is 0 Å². The van der Waals surface area contributed by atoms with E-state index in [9.17, 15) is 0 Å². The number of anilines is 1. The number of benzene rings is 1. The first-order valence-electron chi connectivity index (χ1n) is 6.59. The fraction of sp³-hybridized carbons (Fsp3) is 0.312. The number of rotatable bonds is 5. The van der Waals surface area contributed by atoms with Gasteiger partial charge in [0, 0.05) is 24.3 Å². The van der Waals surface area contributed by atoms with E-state index >= 15 is 0 Å². The van der Waals surface area contributed by atoms with Crippen molar-refractivity contribution in [2.24, 2.45) is 0 Å². The third-order valence-corrected chi connectivity index (χ3v) is 3.74. The number of pyridine rings is 1. The van der Waals surface area contributed by atoms with Crippen molar-refractivity contribution in [1.82, 2.24) is 4.98 Å². The van der Waals surface area contributed by atoms with Crippen LogP contribution in [0.15, 0.2) is 47.1 Å². The van der Waals surface area contributed by atoms with Crippen molar-refractivity contribution in [3.8, 4) is 0 Å². The number of likely N-dealkylation sites (N-methyl/N-ethyl adjacent to an activating group) is 1. The molecule has 0 amide bonds. The van der Waals surface area contributed by atoms with Crippen molar-refractivity contribution >= 4 is 21.7 Å². The maximum absolute atomic E-state index is 4.40. The molecule has 2 rings (SSSR count). The molecule has 0 aliphatic heterocycles. The van der Waals surface area contributed by atoms with Gasteiger partial charge in [-0.15, -0.1) is 0 Å². The van der Waals surface area contributed by atoms with Gasteiger partial charge in [0.15, 0.2) is 0 Å². The second-order valence-electron chi connectivity index (χ2n) is 4.68. The van der Waals surface area contributed by atoms with E-state index < -0.39 is 0 Å².